The van der Waals surface area contributed by atoms with E-state index in [1.54, 1.807) is 17.3 Å². The lowest BCUT2D eigenvalue weighted by atomic mass is 10.2. The first-order chi connectivity index (χ1) is 11.5. The smallest absolute Gasteiger partial charge is 0.322 e. The number of anilines is 1. The van der Waals surface area contributed by atoms with Gasteiger partial charge in [-0.2, -0.15) is 0 Å². The second kappa shape index (κ2) is 6.96. The highest BCUT2D eigenvalue weighted by atomic mass is 16.5. The SMILES string of the molecule is Cc1cncc(NC(=O)N2CCO[C@H](c3nnc(C(C)C)o3)C2)c1. The summed E-state index contributed by atoms with van der Waals surface area (Å²) in [5.41, 5.74) is 1.66. The van der Waals surface area contributed by atoms with Crippen molar-refractivity contribution in [3.63, 3.8) is 0 Å². The molecular formula is C16H21N5O3. The molecule has 8 nitrogen and oxygen atoms in total. The Labute approximate surface area is 140 Å². The number of aryl methyl sites for hydroxylation is 1. The average molecular weight is 331 g/mol. The van der Waals surface area contributed by atoms with Crippen molar-refractivity contribution in [1.82, 2.24) is 20.1 Å². The molecular weight excluding hydrogens is 310 g/mol. The van der Waals surface area contributed by atoms with Crippen LogP contribution < -0.4 is 5.32 Å². The fourth-order valence-electron chi connectivity index (χ4n) is 2.42. The highest BCUT2D eigenvalue weighted by Crippen LogP contribution is 2.23. The molecule has 0 radical (unpaired) electrons. The van der Waals surface area contributed by atoms with Gasteiger partial charge in [0.15, 0.2) is 6.10 Å². The van der Waals surface area contributed by atoms with Crippen LogP contribution in [-0.4, -0.2) is 45.8 Å². The quantitative estimate of drug-likeness (QED) is 0.929. The Hall–Kier alpha value is -2.48. The minimum absolute atomic E-state index is 0.156. The van der Waals surface area contributed by atoms with Crippen molar-refractivity contribution in [3.8, 4) is 0 Å². The van der Waals surface area contributed by atoms with E-state index in [9.17, 15) is 4.79 Å². The first kappa shape index (κ1) is 16.4. The van der Waals surface area contributed by atoms with Crippen LogP contribution in [0.15, 0.2) is 22.9 Å². The number of carbonyl (C=O) groups is 1. The van der Waals surface area contributed by atoms with Gasteiger partial charge in [-0.15, -0.1) is 10.2 Å². The topological polar surface area (TPSA) is 93.4 Å². The summed E-state index contributed by atoms with van der Waals surface area (Å²) in [5, 5.41) is 10.9. The van der Waals surface area contributed by atoms with Crippen molar-refractivity contribution in [2.45, 2.75) is 32.8 Å². The molecule has 24 heavy (non-hydrogen) atoms. The molecule has 128 valence electrons. The minimum atomic E-state index is -0.403. The van der Waals surface area contributed by atoms with Gasteiger partial charge in [0, 0.05) is 18.7 Å². The van der Waals surface area contributed by atoms with Gasteiger partial charge in [-0.3, -0.25) is 4.98 Å². The van der Waals surface area contributed by atoms with E-state index >= 15 is 0 Å². The fraction of sp³-hybridized carbons (Fsp3) is 0.500. The zero-order chi connectivity index (χ0) is 17.1. The number of nitrogens with zero attached hydrogens (tertiary/aromatic N) is 4. The maximum atomic E-state index is 12.4. The summed E-state index contributed by atoms with van der Waals surface area (Å²) < 4.78 is 11.3. The number of aromatic nitrogens is 3. The number of ether oxygens (including phenoxy) is 1. The van der Waals surface area contributed by atoms with E-state index < -0.39 is 6.10 Å². The second-order valence-electron chi connectivity index (χ2n) is 6.12. The van der Waals surface area contributed by atoms with E-state index in [0.29, 0.717) is 37.2 Å². The molecule has 1 fully saturated rings. The molecule has 1 aliphatic rings. The predicted octanol–water partition coefficient (Wildman–Crippen LogP) is 2.50. The first-order valence-corrected chi connectivity index (χ1v) is 7.95. The molecule has 1 aliphatic heterocycles. The Morgan fingerprint density at radius 2 is 2.21 bits per heavy atom. The number of morpholine rings is 1. The van der Waals surface area contributed by atoms with Gasteiger partial charge in [0.1, 0.15) is 0 Å². The first-order valence-electron chi connectivity index (χ1n) is 7.95. The maximum absolute atomic E-state index is 12.4. The third-order valence-electron chi connectivity index (χ3n) is 3.71. The molecule has 0 unspecified atom stereocenters. The number of nitrogens with one attached hydrogen (secondary N) is 1. The Morgan fingerprint density at radius 3 is 2.92 bits per heavy atom. The lowest BCUT2D eigenvalue weighted by Crippen LogP contribution is -2.44. The number of amides is 2. The van der Waals surface area contributed by atoms with Crippen LogP contribution in [0, 0.1) is 6.92 Å². The number of carbonyl (C=O) groups excluding carboxylic acids is 1. The second-order valence-corrected chi connectivity index (χ2v) is 6.12. The Morgan fingerprint density at radius 1 is 1.38 bits per heavy atom. The zero-order valence-electron chi connectivity index (χ0n) is 14.0. The number of hydrogen-bond acceptors (Lipinski definition) is 6. The van der Waals surface area contributed by atoms with Crippen LogP contribution in [0.5, 0.6) is 0 Å². The van der Waals surface area contributed by atoms with Gasteiger partial charge in [-0.1, -0.05) is 13.8 Å². The lowest BCUT2D eigenvalue weighted by Gasteiger charge is -2.31. The van der Waals surface area contributed by atoms with Crippen LogP contribution in [-0.2, 0) is 4.74 Å². The molecule has 1 N–H and O–H groups in total. The maximum Gasteiger partial charge on any atom is 0.322 e. The van der Waals surface area contributed by atoms with E-state index in [1.165, 1.54) is 0 Å². The van der Waals surface area contributed by atoms with Crippen molar-refractivity contribution < 1.29 is 13.9 Å². The van der Waals surface area contributed by atoms with Crippen molar-refractivity contribution in [2.24, 2.45) is 0 Å². The van der Waals surface area contributed by atoms with Crippen LogP contribution in [0.25, 0.3) is 0 Å². The molecule has 0 saturated carbocycles. The number of urea groups is 1. The Balaban J connectivity index is 1.65. The number of pyridine rings is 1. The van der Waals surface area contributed by atoms with Gasteiger partial charge < -0.3 is 19.4 Å². The average Bonchev–Trinajstić information content (AvgIpc) is 3.05. The van der Waals surface area contributed by atoms with Gasteiger partial charge in [0.05, 0.1) is 25.0 Å². The van der Waals surface area contributed by atoms with Crippen molar-refractivity contribution in [2.75, 3.05) is 25.0 Å². The van der Waals surface area contributed by atoms with Gasteiger partial charge in [0.2, 0.25) is 11.8 Å². The number of rotatable bonds is 3. The van der Waals surface area contributed by atoms with Gasteiger partial charge in [-0.25, -0.2) is 4.79 Å². The Kier molecular flexibility index (Phi) is 4.75. The summed E-state index contributed by atoms with van der Waals surface area (Å²) >= 11 is 0. The van der Waals surface area contributed by atoms with Crippen molar-refractivity contribution in [1.29, 1.82) is 0 Å². The molecule has 2 amide bonds. The highest BCUT2D eigenvalue weighted by molar-refractivity contribution is 5.89. The monoisotopic (exact) mass is 331 g/mol. The van der Waals surface area contributed by atoms with E-state index in [-0.39, 0.29) is 11.9 Å². The molecule has 3 rings (SSSR count). The predicted molar refractivity (Wildman–Crippen MR) is 86.6 cm³/mol. The van der Waals surface area contributed by atoms with Crippen LogP contribution in [0.3, 0.4) is 0 Å². The lowest BCUT2D eigenvalue weighted by molar-refractivity contribution is -0.0276. The molecule has 0 aromatic carbocycles. The summed E-state index contributed by atoms with van der Waals surface area (Å²) in [6.07, 6.45) is 2.96. The number of hydrogen-bond donors (Lipinski definition) is 1. The molecule has 1 saturated heterocycles. The third-order valence-corrected chi connectivity index (χ3v) is 3.71. The molecule has 1 atom stereocenters. The van der Waals surface area contributed by atoms with Gasteiger partial charge in [0.25, 0.3) is 0 Å². The standard InChI is InChI=1S/C16H21N5O3/c1-10(2)14-19-20-15(24-14)13-9-21(4-5-23-13)16(22)18-12-6-11(3)7-17-8-12/h6-8,10,13H,4-5,9H2,1-3H3,(H,18,22)/t13-/m0/s1. The molecule has 2 aromatic heterocycles. The largest absolute Gasteiger partial charge is 0.422 e. The third kappa shape index (κ3) is 3.70. The zero-order valence-corrected chi connectivity index (χ0v) is 14.0. The van der Waals surface area contributed by atoms with Crippen molar-refractivity contribution >= 4 is 11.7 Å². The summed E-state index contributed by atoms with van der Waals surface area (Å²) in [5.74, 6) is 1.14. The molecule has 8 heteroatoms. The highest BCUT2D eigenvalue weighted by Gasteiger charge is 2.29. The van der Waals surface area contributed by atoms with Gasteiger partial charge in [-0.05, 0) is 18.6 Å². The van der Waals surface area contributed by atoms with E-state index in [1.807, 2.05) is 26.8 Å². The summed E-state index contributed by atoms with van der Waals surface area (Å²) in [4.78, 5) is 18.2. The van der Waals surface area contributed by atoms with E-state index in [4.69, 9.17) is 9.15 Å². The van der Waals surface area contributed by atoms with E-state index in [2.05, 4.69) is 20.5 Å². The molecule has 2 aromatic rings. The van der Waals surface area contributed by atoms with Crippen LogP contribution >= 0.6 is 0 Å². The minimum Gasteiger partial charge on any atom is -0.422 e. The molecule has 3 heterocycles. The molecule has 0 bridgehead atoms. The van der Waals surface area contributed by atoms with Crippen LogP contribution in [0.4, 0.5) is 10.5 Å². The fourth-order valence-corrected chi connectivity index (χ4v) is 2.42. The Bertz CT molecular complexity index is 715. The molecule has 0 spiro atoms. The van der Waals surface area contributed by atoms with Crippen LogP contribution in [0.2, 0.25) is 0 Å². The van der Waals surface area contributed by atoms with E-state index in [0.717, 1.165) is 5.56 Å². The van der Waals surface area contributed by atoms with Gasteiger partial charge >= 0.3 is 6.03 Å². The molecule has 0 aliphatic carbocycles. The summed E-state index contributed by atoms with van der Waals surface area (Å²) in [7, 11) is 0. The summed E-state index contributed by atoms with van der Waals surface area (Å²) in [6, 6.07) is 1.68. The van der Waals surface area contributed by atoms with Crippen LogP contribution in [0.1, 0.15) is 43.2 Å². The summed E-state index contributed by atoms with van der Waals surface area (Å²) in [6.45, 7) is 7.18. The normalized spacial score (nSPS) is 18.0. The van der Waals surface area contributed by atoms with Crippen molar-refractivity contribution in [3.05, 3.63) is 35.8 Å².